The molecule has 1 aliphatic heterocycles. The molecule has 1 fully saturated rings. The molecule has 0 atom stereocenters. The number of ether oxygens (including phenoxy) is 1. The van der Waals surface area contributed by atoms with Gasteiger partial charge in [-0.3, -0.25) is 4.79 Å². The van der Waals surface area contributed by atoms with Gasteiger partial charge in [-0.2, -0.15) is 4.31 Å². The SMILES string of the molecule is Cc1oc(C)c(C(=O)OCC(=O)Nc2cc(S(=O)(=O)N3CCCCCC3)ccc2Cl)c1C. The van der Waals surface area contributed by atoms with E-state index in [-0.39, 0.29) is 15.6 Å². The van der Waals surface area contributed by atoms with E-state index in [4.69, 9.17) is 20.8 Å². The minimum atomic E-state index is -3.70. The lowest BCUT2D eigenvalue weighted by atomic mass is 10.1. The number of sulfonamides is 1. The first-order valence-corrected chi connectivity index (χ1v) is 12.3. The number of furan rings is 1. The summed E-state index contributed by atoms with van der Waals surface area (Å²) in [5.74, 6) is -0.288. The summed E-state index contributed by atoms with van der Waals surface area (Å²) in [6.07, 6.45) is 3.64. The first-order chi connectivity index (χ1) is 15.1. The Morgan fingerprint density at radius 1 is 1.09 bits per heavy atom. The second kappa shape index (κ2) is 10.1. The van der Waals surface area contributed by atoms with Crippen LogP contribution in [0.3, 0.4) is 0 Å². The molecule has 0 saturated carbocycles. The minimum Gasteiger partial charge on any atom is -0.465 e. The summed E-state index contributed by atoms with van der Waals surface area (Å²) < 4.78 is 38.0. The van der Waals surface area contributed by atoms with Gasteiger partial charge in [-0.1, -0.05) is 24.4 Å². The molecule has 0 aliphatic carbocycles. The molecule has 1 aromatic heterocycles. The fraction of sp³-hybridized carbons (Fsp3) is 0.455. The van der Waals surface area contributed by atoms with Crippen LogP contribution in [0.1, 0.15) is 53.1 Å². The number of rotatable bonds is 6. The van der Waals surface area contributed by atoms with Crippen molar-refractivity contribution < 1.29 is 27.2 Å². The summed E-state index contributed by atoms with van der Waals surface area (Å²) in [4.78, 5) is 24.7. The highest BCUT2D eigenvalue weighted by Crippen LogP contribution is 2.28. The van der Waals surface area contributed by atoms with Gasteiger partial charge in [0, 0.05) is 18.7 Å². The first kappa shape index (κ1) is 24.3. The quantitative estimate of drug-likeness (QED) is 0.618. The molecule has 2 aromatic rings. The molecule has 10 heteroatoms. The number of carbonyl (C=O) groups excluding carboxylic acids is 2. The highest BCUT2D eigenvalue weighted by Gasteiger charge is 2.26. The van der Waals surface area contributed by atoms with Crippen LogP contribution < -0.4 is 5.32 Å². The molecule has 8 nitrogen and oxygen atoms in total. The van der Waals surface area contributed by atoms with Crippen LogP contribution in [0.2, 0.25) is 5.02 Å². The van der Waals surface area contributed by atoms with Gasteiger partial charge in [-0.15, -0.1) is 0 Å². The summed E-state index contributed by atoms with van der Waals surface area (Å²) in [6.45, 7) is 5.50. The Morgan fingerprint density at radius 2 is 1.75 bits per heavy atom. The summed E-state index contributed by atoms with van der Waals surface area (Å²) in [6, 6.07) is 4.18. The fourth-order valence-corrected chi connectivity index (χ4v) is 5.38. The number of amides is 1. The summed E-state index contributed by atoms with van der Waals surface area (Å²) in [5, 5.41) is 2.70. The Balaban J connectivity index is 1.69. The molecule has 1 aromatic carbocycles. The Morgan fingerprint density at radius 3 is 2.34 bits per heavy atom. The predicted molar refractivity (Wildman–Crippen MR) is 121 cm³/mol. The maximum Gasteiger partial charge on any atom is 0.342 e. The van der Waals surface area contributed by atoms with Crippen LogP contribution in [0.5, 0.6) is 0 Å². The van der Waals surface area contributed by atoms with Crippen molar-refractivity contribution in [1.29, 1.82) is 0 Å². The summed E-state index contributed by atoms with van der Waals surface area (Å²) in [5.41, 5.74) is 1.08. The number of nitrogens with one attached hydrogen (secondary N) is 1. The maximum absolute atomic E-state index is 13.0. The van der Waals surface area contributed by atoms with Crippen molar-refractivity contribution in [3.8, 4) is 0 Å². The van der Waals surface area contributed by atoms with Gasteiger partial charge in [0.2, 0.25) is 10.0 Å². The second-order valence-corrected chi connectivity index (χ2v) is 10.1. The molecular formula is C22H27ClN2O6S. The number of aryl methyl sites for hydroxylation is 2. The van der Waals surface area contributed by atoms with E-state index in [9.17, 15) is 18.0 Å². The highest BCUT2D eigenvalue weighted by atomic mass is 35.5. The first-order valence-electron chi connectivity index (χ1n) is 10.4. The minimum absolute atomic E-state index is 0.0521. The number of benzene rings is 1. The molecule has 1 amide bonds. The normalized spacial score (nSPS) is 15.2. The van der Waals surface area contributed by atoms with Crippen LogP contribution in [0, 0.1) is 20.8 Å². The zero-order valence-electron chi connectivity index (χ0n) is 18.4. The highest BCUT2D eigenvalue weighted by molar-refractivity contribution is 7.89. The molecule has 3 rings (SSSR count). The van der Waals surface area contributed by atoms with Crippen LogP contribution in [0.4, 0.5) is 5.69 Å². The molecule has 2 heterocycles. The van der Waals surface area contributed by atoms with E-state index in [2.05, 4.69) is 5.32 Å². The number of hydrogen-bond acceptors (Lipinski definition) is 6. The van der Waals surface area contributed by atoms with Crippen molar-refractivity contribution in [3.05, 3.63) is 45.9 Å². The van der Waals surface area contributed by atoms with Gasteiger partial charge in [0.25, 0.3) is 5.91 Å². The Hall–Kier alpha value is -2.36. The molecule has 0 spiro atoms. The molecule has 174 valence electrons. The van der Waals surface area contributed by atoms with E-state index < -0.39 is 28.5 Å². The van der Waals surface area contributed by atoms with E-state index in [1.165, 1.54) is 22.5 Å². The van der Waals surface area contributed by atoms with Crippen molar-refractivity contribution in [2.45, 2.75) is 51.3 Å². The number of halogens is 1. The van der Waals surface area contributed by atoms with Gasteiger partial charge < -0.3 is 14.5 Å². The Kier molecular flexibility index (Phi) is 7.63. The monoisotopic (exact) mass is 482 g/mol. The molecular weight excluding hydrogens is 456 g/mol. The van der Waals surface area contributed by atoms with Crippen molar-refractivity contribution >= 4 is 39.2 Å². The molecule has 1 N–H and O–H groups in total. The fourth-order valence-electron chi connectivity index (χ4n) is 3.68. The zero-order chi connectivity index (χ0) is 23.5. The van der Waals surface area contributed by atoms with E-state index in [1.54, 1.807) is 20.8 Å². The van der Waals surface area contributed by atoms with Crippen molar-refractivity contribution in [1.82, 2.24) is 4.31 Å². The largest absolute Gasteiger partial charge is 0.465 e. The number of esters is 1. The Labute approximate surface area is 192 Å². The van der Waals surface area contributed by atoms with Gasteiger partial charge >= 0.3 is 5.97 Å². The summed E-state index contributed by atoms with van der Waals surface area (Å²) in [7, 11) is -3.70. The van der Waals surface area contributed by atoms with Crippen LogP contribution in [-0.2, 0) is 19.6 Å². The molecule has 0 bridgehead atoms. The Bertz CT molecular complexity index is 1120. The van der Waals surface area contributed by atoms with Gasteiger partial charge in [0.15, 0.2) is 6.61 Å². The summed E-state index contributed by atoms with van der Waals surface area (Å²) >= 11 is 6.16. The van der Waals surface area contributed by atoms with Crippen molar-refractivity contribution in [3.63, 3.8) is 0 Å². The van der Waals surface area contributed by atoms with Gasteiger partial charge in [0.1, 0.15) is 17.1 Å². The van der Waals surface area contributed by atoms with Crippen LogP contribution >= 0.6 is 11.6 Å². The molecule has 1 aliphatic rings. The van der Waals surface area contributed by atoms with Gasteiger partial charge in [-0.05, 0) is 51.8 Å². The lowest BCUT2D eigenvalue weighted by Crippen LogP contribution is -2.32. The zero-order valence-corrected chi connectivity index (χ0v) is 19.9. The van der Waals surface area contributed by atoms with Crippen molar-refractivity contribution in [2.24, 2.45) is 0 Å². The topological polar surface area (TPSA) is 106 Å². The average Bonchev–Trinajstić information content (AvgIpc) is 2.94. The van der Waals surface area contributed by atoms with E-state index >= 15 is 0 Å². The molecule has 0 unspecified atom stereocenters. The standard InChI is InChI=1S/C22H27ClN2O6S/c1-14-15(2)31-16(3)21(14)22(27)30-13-20(26)24-19-12-17(8-9-18(19)23)32(28,29)25-10-6-4-5-7-11-25/h8-9,12H,4-7,10-11,13H2,1-3H3,(H,24,26). The van der Waals surface area contributed by atoms with Gasteiger partial charge in [-0.25, -0.2) is 13.2 Å². The lowest BCUT2D eigenvalue weighted by molar-refractivity contribution is -0.119. The average molecular weight is 483 g/mol. The third-order valence-corrected chi connectivity index (χ3v) is 7.74. The van der Waals surface area contributed by atoms with Crippen LogP contribution in [0.15, 0.2) is 27.5 Å². The molecule has 0 radical (unpaired) electrons. The van der Waals surface area contributed by atoms with E-state index in [0.717, 1.165) is 25.7 Å². The third kappa shape index (κ3) is 5.33. The maximum atomic E-state index is 13.0. The lowest BCUT2D eigenvalue weighted by Gasteiger charge is -2.20. The molecule has 32 heavy (non-hydrogen) atoms. The number of hydrogen-bond donors (Lipinski definition) is 1. The van der Waals surface area contributed by atoms with Crippen molar-refractivity contribution in [2.75, 3.05) is 25.0 Å². The van der Waals surface area contributed by atoms with E-state index in [1.807, 2.05) is 0 Å². The number of carbonyl (C=O) groups is 2. The number of anilines is 1. The smallest absolute Gasteiger partial charge is 0.342 e. The third-order valence-electron chi connectivity index (χ3n) is 5.51. The number of nitrogens with zero attached hydrogens (tertiary/aromatic N) is 1. The van der Waals surface area contributed by atoms with E-state index in [0.29, 0.717) is 35.7 Å². The van der Waals surface area contributed by atoms with Crippen LogP contribution in [0.25, 0.3) is 0 Å². The second-order valence-electron chi connectivity index (χ2n) is 7.80. The molecule has 1 saturated heterocycles. The van der Waals surface area contributed by atoms with Crippen LogP contribution in [-0.4, -0.2) is 44.3 Å². The van der Waals surface area contributed by atoms with Gasteiger partial charge in [0.05, 0.1) is 15.6 Å². The predicted octanol–water partition coefficient (Wildman–Crippen LogP) is 4.22.